The minimum absolute atomic E-state index is 0.0546. The number of carbonyl (C=O) groups is 1. The van der Waals surface area contributed by atoms with E-state index < -0.39 is 0 Å². The van der Waals surface area contributed by atoms with Crippen LogP contribution in [0.5, 0.6) is 0 Å². The van der Waals surface area contributed by atoms with Crippen LogP contribution in [0.2, 0.25) is 0 Å². The lowest BCUT2D eigenvalue weighted by molar-refractivity contribution is 0.246. The van der Waals surface area contributed by atoms with Gasteiger partial charge in [-0.05, 0) is 30.7 Å². The van der Waals surface area contributed by atoms with Gasteiger partial charge in [0.05, 0.1) is 6.54 Å². The minimum atomic E-state index is -0.334. The summed E-state index contributed by atoms with van der Waals surface area (Å²) >= 11 is 0. The number of likely N-dealkylation sites (tertiary alicyclic amines) is 1. The second-order valence-corrected chi connectivity index (χ2v) is 5.77. The van der Waals surface area contributed by atoms with Crippen molar-refractivity contribution in [1.29, 1.82) is 0 Å². The summed E-state index contributed by atoms with van der Waals surface area (Å²) in [5.74, 6) is 0.903. The first-order valence-corrected chi connectivity index (χ1v) is 7.99. The maximum absolute atomic E-state index is 12.8. The summed E-state index contributed by atoms with van der Waals surface area (Å²) in [7, 11) is 0. The molecule has 1 aliphatic rings. The van der Waals surface area contributed by atoms with Crippen LogP contribution >= 0.6 is 0 Å². The molecule has 24 heavy (non-hydrogen) atoms. The van der Waals surface area contributed by atoms with Gasteiger partial charge < -0.3 is 15.1 Å². The Kier molecular flexibility index (Phi) is 5.05. The number of aromatic nitrogens is 2. The van der Waals surface area contributed by atoms with E-state index in [4.69, 9.17) is 4.42 Å². The van der Waals surface area contributed by atoms with Gasteiger partial charge in [0.2, 0.25) is 11.8 Å². The summed E-state index contributed by atoms with van der Waals surface area (Å²) < 4.78 is 18.4. The van der Waals surface area contributed by atoms with Crippen LogP contribution in [0.1, 0.15) is 25.1 Å². The molecule has 0 bridgehead atoms. The molecule has 1 aromatic heterocycles. The Hall–Kier alpha value is -2.48. The van der Waals surface area contributed by atoms with Gasteiger partial charge in [0.1, 0.15) is 5.82 Å². The highest BCUT2D eigenvalue weighted by atomic mass is 19.1. The summed E-state index contributed by atoms with van der Waals surface area (Å²) in [6.07, 6.45) is 1.58. The smallest absolute Gasteiger partial charge is 0.319 e. The van der Waals surface area contributed by atoms with Crippen LogP contribution in [-0.2, 0) is 13.0 Å². The van der Waals surface area contributed by atoms with Crippen LogP contribution in [0.3, 0.4) is 0 Å². The van der Waals surface area contributed by atoms with Gasteiger partial charge in [-0.3, -0.25) is 4.90 Å². The van der Waals surface area contributed by atoms with E-state index in [0.717, 1.165) is 25.9 Å². The molecule has 8 heteroatoms. The van der Waals surface area contributed by atoms with Gasteiger partial charge >= 0.3 is 6.03 Å². The molecule has 1 atom stereocenters. The molecule has 0 aliphatic carbocycles. The highest BCUT2D eigenvalue weighted by Gasteiger charge is 2.25. The van der Waals surface area contributed by atoms with Crippen molar-refractivity contribution in [1.82, 2.24) is 20.4 Å². The standard InChI is InChI=1S/C16H20FN5O2/c1-2-14-20-21-15(24-14)10-22-8-7-13(9-22)19-16(23)18-12-5-3-11(17)4-6-12/h3-6,13H,2,7-10H2,1H3,(H2,18,19,23). The molecule has 1 fully saturated rings. The molecule has 3 rings (SSSR count). The number of nitrogens with one attached hydrogen (secondary N) is 2. The Morgan fingerprint density at radius 3 is 2.79 bits per heavy atom. The van der Waals surface area contributed by atoms with Crippen molar-refractivity contribution in [3.05, 3.63) is 41.9 Å². The maximum atomic E-state index is 12.8. The Bertz CT molecular complexity index is 688. The molecule has 2 amide bonds. The van der Waals surface area contributed by atoms with Crippen molar-refractivity contribution in [2.24, 2.45) is 0 Å². The van der Waals surface area contributed by atoms with Gasteiger partial charge in [0.15, 0.2) is 0 Å². The molecule has 0 saturated carbocycles. The Morgan fingerprint density at radius 2 is 2.08 bits per heavy atom. The molecule has 1 saturated heterocycles. The summed E-state index contributed by atoms with van der Waals surface area (Å²) in [5, 5.41) is 13.6. The van der Waals surface area contributed by atoms with Gasteiger partial charge in [-0.1, -0.05) is 6.92 Å². The molecule has 1 unspecified atom stereocenters. The molecule has 2 aromatic rings. The number of hydrogen-bond donors (Lipinski definition) is 2. The lowest BCUT2D eigenvalue weighted by Crippen LogP contribution is -2.39. The van der Waals surface area contributed by atoms with E-state index in [-0.39, 0.29) is 17.9 Å². The molecular weight excluding hydrogens is 313 g/mol. The quantitative estimate of drug-likeness (QED) is 0.876. The van der Waals surface area contributed by atoms with E-state index in [0.29, 0.717) is 24.0 Å². The third kappa shape index (κ3) is 4.29. The normalized spacial score (nSPS) is 17.8. The third-order valence-corrected chi connectivity index (χ3v) is 3.88. The largest absolute Gasteiger partial charge is 0.424 e. The number of hydrogen-bond acceptors (Lipinski definition) is 5. The highest BCUT2D eigenvalue weighted by Crippen LogP contribution is 2.14. The van der Waals surface area contributed by atoms with Crippen LogP contribution < -0.4 is 10.6 Å². The van der Waals surface area contributed by atoms with Crippen LogP contribution in [0, 0.1) is 5.82 Å². The molecule has 1 aliphatic heterocycles. The third-order valence-electron chi connectivity index (χ3n) is 3.88. The second kappa shape index (κ2) is 7.39. The van der Waals surface area contributed by atoms with Crippen molar-refractivity contribution in [2.75, 3.05) is 18.4 Å². The van der Waals surface area contributed by atoms with Crippen LogP contribution in [0.4, 0.5) is 14.9 Å². The molecule has 1 aromatic carbocycles. The SMILES string of the molecule is CCc1nnc(CN2CCC(NC(=O)Nc3ccc(F)cc3)C2)o1. The van der Waals surface area contributed by atoms with E-state index in [1.165, 1.54) is 24.3 Å². The van der Waals surface area contributed by atoms with Crippen molar-refractivity contribution < 1.29 is 13.6 Å². The van der Waals surface area contributed by atoms with Gasteiger partial charge in [-0.2, -0.15) is 0 Å². The second-order valence-electron chi connectivity index (χ2n) is 5.77. The van der Waals surface area contributed by atoms with E-state index in [2.05, 4.69) is 25.7 Å². The summed E-state index contributed by atoms with van der Waals surface area (Å²) in [4.78, 5) is 14.1. The first-order chi connectivity index (χ1) is 11.6. The fraction of sp³-hybridized carbons (Fsp3) is 0.438. The number of anilines is 1. The minimum Gasteiger partial charge on any atom is -0.424 e. The molecule has 128 valence electrons. The van der Waals surface area contributed by atoms with Crippen LogP contribution in [0.25, 0.3) is 0 Å². The van der Waals surface area contributed by atoms with E-state index in [1.807, 2.05) is 6.92 Å². The predicted molar refractivity (Wildman–Crippen MR) is 85.9 cm³/mol. The Morgan fingerprint density at radius 1 is 1.33 bits per heavy atom. The fourth-order valence-corrected chi connectivity index (χ4v) is 2.67. The zero-order valence-electron chi connectivity index (χ0n) is 13.5. The molecule has 0 spiro atoms. The highest BCUT2D eigenvalue weighted by molar-refractivity contribution is 5.89. The lowest BCUT2D eigenvalue weighted by Gasteiger charge is -2.15. The average molecular weight is 333 g/mol. The van der Waals surface area contributed by atoms with Gasteiger partial charge in [0.25, 0.3) is 0 Å². The van der Waals surface area contributed by atoms with Crippen molar-refractivity contribution in [3.8, 4) is 0 Å². The number of rotatable bonds is 5. The first-order valence-electron chi connectivity index (χ1n) is 7.99. The Balaban J connectivity index is 1.45. The molecule has 7 nitrogen and oxygen atoms in total. The number of aryl methyl sites for hydroxylation is 1. The molecule has 2 heterocycles. The fourth-order valence-electron chi connectivity index (χ4n) is 2.67. The molecule has 2 N–H and O–H groups in total. The lowest BCUT2D eigenvalue weighted by atomic mass is 10.3. The maximum Gasteiger partial charge on any atom is 0.319 e. The van der Waals surface area contributed by atoms with Gasteiger partial charge in [-0.25, -0.2) is 9.18 Å². The summed E-state index contributed by atoms with van der Waals surface area (Å²) in [6, 6.07) is 5.43. The average Bonchev–Trinajstić information content (AvgIpc) is 3.19. The number of halogens is 1. The summed E-state index contributed by atoms with van der Waals surface area (Å²) in [6.45, 7) is 4.13. The van der Waals surface area contributed by atoms with E-state index >= 15 is 0 Å². The van der Waals surface area contributed by atoms with E-state index in [1.54, 1.807) is 0 Å². The number of carbonyl (C=O) groups excluding carboxylic acids is 1. The van der Waals surface area contributed by atoms with Crippen molar-refractivity contribution >= 4 is 11.7 Å². The van der Waals surface area contributed by atoms with Gasteiger partial charge in [-0.15, -0.1) is 10.2 Å². The van der Waals surface area contributed by atoms with Crippen LogP contribution in [-0.4, -0.2) is 40.3 Å². The van der Waals surface area contributed by atoms with Crippen molar-refractivity contribution in [2.45, 2.75) is 32.4 Å². The monoisotopic (exact) mass is 333 g/mol. The number of benzene rings is 1. The Labute approximate surface area is 139 Å². The summed E-state index contributed by atoms with van der Waals surface area (Å²) in [5.41, 5.74) is 0.557. The zero-order valence-corrected chi connectivity index (χ0v) is 13.5. The van der Waals surface area contributed by atoms with Gasteiger partial charge in [0, 0.05) is 31.2 Å². The number of amides is 2. The molecular formula is C16H20FN5O2. The van der Waals surface area contributed by atoms with E-state index in [9.17, 15) is 9.18 Å². The first kappa shape index (κ1) is 16.4. The topological polar surface area (TPSA) is 83.3 Å². The van der Waals surface area contributed by atoms with Crippen LogP contribution in [0.15, 0.2) is 28.7 Å². The number of urea groups is 1. The number of nitrogens with zero attached hydrogens (tertiary/aromatic N) is 3. The molecule has 0 radical (unpaired) electrons. The zero-order chi connectivity index (χ0) is 16.9. The van der Waals surface area contributed by atoms with Crippen molar-refractivity contribution in [3.63, 3.8) is 0 Å². The predicted octanol–water partition coefficient (Wildman–Crippen LogP) is 2.17.